The number of hydrogen-bond acceptors (Lipinski definition) is 4. The summed E-state index contributed by atoms with van der Waals surface area (Å²) in [6.07, 6.45) is -1.75. The first-order valence-electron chi connectivity index (χ1n) is 8.35. The average molecular weight is 390 g/mol. The molecule has 3 aromatic rings. The van der Waals surface area contributed by atoms with Crippen molar-refractivity contribution in [1.82, 2.24) is 14.8 Å². The largest absolute Gasteiger partial charge is 0.467 e. The van der Waals surface area contributed by atoms with Crippen LogP contribution in [0.3, 0.4) is 0 Å². The molecule has 1 amide bonds. The number of hydrogen-bond donors (Lipinski definition) is 1. The summed E-state index contributed by atoms with van der Waals surface area (Å²) in [5.74, 6) is -0.631. The minimum absolute atomic E-state index is 0.102. The van der Waals surface area contributed by atoms with E-state index >= 15 is 0 Å². The van der Waals surface area contributed by atoms with Gasteiger partial charge in [0.05, 0.1) is 12.7 Å². The van der Waals surface area contributed by atoms with Crippen molar-refractivity contribution in [3.8, 4) is 5.88 Å². The first-order chi connectivity index (χ1) is 13.3. The van der Waals surface area contributed by atoms with Crippen LogP contribution in [0.25, 0.3) is 0 Å². The number of carbonyl (C=O) groups excluding carboxylic acids is 1. The molecule has 2 heterocycles. The Balaban J connectivity index is 1.74. The standard InChI is InChI=1S/C19H17F3N4O2/c1-13-4-6-14(7-5-13)11-26-16(8-10-24-26)25-17(27)15-3-2-9-23-18(15)28-12-19(20,21)22/h2-10H,11-12H2,1H3,(H,25,27). The second-order valence-corrected chi connectivity index (χ2v) is 6.07. The van der Waals surface area contributed by atoms with E-state index in [1.165, 1.54) is 24.5 Å². The predicted molar refractivity (Wildman–Crippen MR) is 96.2 cm³/mol. The van der Waals surface area contributed by atoms with E-state index in [1.54, 1.807) is 10.7 Å². The first kappa shape index (κ1) is 19.4. The van der Waals surface area contributed by atoms with Crippen LogP contribution in [0.4, 0.5) is 19.0 Å². The highest BCUT2D eigenvalue weighted by Gasteiger charge is 2.29. The van der Waals surface area contributed by atoms with E-state index in [9.17, 15) is 18.0 Å². The number of benzene rings is 1. The lowest BCUT2D eigenvalue weighted by atomic mass is 10.1. The second-order valence-electron chi connectivity index (χ2n) is 6.07. The maximum Gasteiger partial charge on any atom is 0.422 e. The Morgan fingerprint density at radius 1 is 1.14 bits per heavy atom. The highest BCUT2D eigenvalue weighted by molar-refractivity contribution is 6.05. The molecule has 0 saturated carbocycles. The Labute approximate surface area is 159 Å². The fourth-order valence-corrected chi connectivity index (χ4v) is 2.44. The molecule has 0 unspecified atom stereocenters. The van der Waals surface area contributed by atoms with Gasteiger partial charge < -0.3 is 10.1 Å². The third-order valence-electron chi connectivity index (χ3n) is 3.80. The minimum Gasteiger partial charge on any atom is -0.467 e. The van der Waals surface area contributed by atoms with Crippen LogP contribution in [0.2, 0.25) is 0 Å². The van der Waals surface area contributed by atoms with Crippen molar-refractivity contribution in [2.75, 3.05) is 11.9 Å². The van der Waals surface area contributed by atoms with Crippen molar-refractivity contribution in [2.24, 2.45) is 0 Å². The van der Waals surface area contributed by atoms with Crippen LogP contribution in [0.5, 0.6) is 5.88 Å². The number of aryl methyl sites for hydroxylation is 1. The molecule has 0 aliphatic carbocycles. The monoisotopic (exact) mass is 390 g/mol. The summed E-state index contributed by atoms with van der Waals surface area (Å²) in [6.45, 7) is 0.874. The lowest BCUT2D eigenvalue weighted by molar-refractivity contribution is -0.154. The van der Waals surface area contributed by atoms with Crippen LogP contribution < -0.4 is 10.1 Å². The molecule has 0 bridgehead atoms. The van der Waals surface area contributed by atoms with Crippen molar-refractivity contribution in [1.29, 1.82) is 0 Å². The smallest absolute Gasteiger partial charge is 0.422 e. The molecular weight excluding hydrogens is 373 g/mol. The Morgan fingerprint density at radius 3 is 2.61 bits per heavy atom. The molecule has 2 aromatic heterocycles. The molecule has 1 N–H and O–H groups in total. The molecule has 0 saturated heterocycles. The molecule has 0 radical (unpaired) electrons. The van der Waals surface area contributed by atoms with Gasteiger partial charge >= 0.3 is 6.18 Å². The van der Waals surface area contributed by atoms with Crippen LogP contribution in [-0.4, -0.2) is 33.5 Å². The Kier molecular flexibility index (Phi) is 5.62. The molecule has 146 valence electrons. The number of carbonyl (C=O) groups is 1. The number of anilines is 1. The highest BCUT2D eigenvalue weighted by atomic mass is 19.4. The summed E-state index contributed by atoms with van der Waals surface area (Å²) in [7, 11) is 0. The van der Waals surface area contributed by atoms with Crippen molar-refractivity contribution >= 4 is 11.7 Å². The third-order valence-corrected chi connectivity index (χ3v) is 3.80. The molecule has 0 aliphatic heterocycles. The summed E-state index contributed by atoms with van der Waals surface area (Å²) < 4.78 is 43.4. The Morgan fingerprint density at radius 2 is 1.89 bits per heavy atom. The predicted octanol–water partition coefficient (Wildman–Crippen LogP) is 3.83. The van der Waals surface area contributed by atoms with E-state index in [2.05, 4.69) is 20.1 Å². The van der Waals surface area contributed by atoms with Gasteiger partial charge in [0.25, 0.3) is 5.91 Å². The SMILES string of the molecule is Cc1ccc(Cn2nccc2NC(=O)c2cccnc2OCC(F)(F)F)cc1. The second kappa shape index (κ2) is 8.12. The van der Waals surface area contributed by atoms with Crippen LogP contribution in [0.1, 0.15) is 21.5 Å². The lowest BCUT2D eigenvalue weighted by Crippen LogP contribution is -2.22. The molecular formula is C19H17F3N4O2. The summed E-state index contributed by atoms with van der Waals surface area (Å²) in [5, 5.41) is 6.81. The molecule has 6 nitrogen and oxygen atoms in total. The van der Waals surface area contributed by atoms with Gasteiger partial charge in [0.15, 0.2) is 6.61 Å². The van der Waals surface area contributed by atoms with Gasteiger partial charge in [0, 0.05) is 12.3 Å². The van der Waals surface area contributed by atoms with Crippen LogP contribution >= 0.6 is 0 Å². The number of halogens is 3. The molecule has 3 rings (SSSR count). The van der Waals surface area contributed by atoms with Gasteiger partial charge in [-0.1, -0.05) is 29.8 Å². The zero-order valence-corrected chi connectivity index (χ0v) is 14.9. The van der Waals surface area contributed by atoms with Crippen molar-refractivity contribution in [3.05, 3.63) is 71.5 Å². The summed E-state index contributed by atoms with van der Waals surface area (Å²) in [4.78, 5) is 16.3. The van der Waals surface area contributed by atoms with Crippen LogP contribution in [0, 0.1) is 6.92 Å². The maximum absolute atomic E-state index is 12.6. The lowest BCUT2D eigenvalue weighted by Gasteiger charge is -2.13. The quantitative estimate of drug-likeness (QED) is 0.695. The van der Waals surface area contributed by atoms with Gasteiger partial charge in [0.1, 0.15) is 11.4 Å². The number of alkyl halides is 3. The first-order valence-corrected chi connectivity index (χ1v) is 8.35. The highest BCUT2D eigenvalue weighted by Crippen LogP contribution is 2.21. The normalized spacial score (nSPS) is 11.3. The van der Waals surface area contributed by atoms with Gasteiger partial charge in [-0.3, -0.25) is 4.79 Å². The molecule has 0 fully saturated rings. The van der Waals surface area contributed by atoms with E-state index in [-0.39, 0.29) is 11.4 Å². The van der Waals surface area contributed by atoms with E-state index in [0.717, 1.165) is 11.1 Å². The van der Waals surface area contributed by atoms with Crippen LogP contribution in [-0.2, 0) is 6.54 Å². The van der Waals surface area contributed by atoms with Gasteiger partial charge in [-0.05, 0) is 24.6 Å². The van der Waals surface area contributed by atoms with Gasteiger partial charge in [0.2, 0.25) is 5.88 Å². The van der Waals surface area contributed by atoms with E-state index in [0.29, 0.717) is 12.4 Å². The molecule has 1 aromatic carbocycles. The summed E-state index contributed by atoms with van der Waals surface area (Å²) in [6, 6.07) is 12.2. The van der Waals surface area contributed by atoms with Crippen molar-refractivity contribution < 1.29 is 22.7 Å². The van der Waals surface area contributed by atoms with E-state index in [1.807, 2.05) is 31.2 Å². The molecule has 9 heteroatoms. The topological polar surface area (TPSA) is 69.0 Å². The van der Waals surface area contributed by atoms with Gasteiger partial charge in [-0.15, -0.1) is 0 Å². The molecule has 28 heavy (non-hydrogen) atoms. The molecule has 0 atom stereocenters. The molecule has 0 aliphatic rings. The number of ether oxygens (including phenoxy) is 1. The zero-order valence-electron chi connectivity index (χ0n) is 14.9. The average Bonchev–Trinajstić information content (AvgIpc) is 3.08. The number of amides is 1. The minimum atomic E-state index is -4.53. The van der Waals surface area contributed by atoms with Gasteiger partial charge in [-0.25, -0.2) is 9.67 Å². The van der Waals surface area contributed by atoms with E-state index in [4.69, 9.17) is 0 Å². The maximum atomic E-state index is 12.6. The zero-order chi connectivity index (χ0) is 20.1. The summed E-state index contributed by atoms with van der Waals surface area (Å²) >= 11 is 0. The number of aromatic nitrogens is 3. The van der Waals surface area contributed by atoms with Crippen LogP contribution in [0.15, 0.2) is 54.9 Å². The summed E-state index contributed by atoms with van der Waals surface area (Å²) in [5.41, 5.74) is 2.01. The fraction of sp³-hybridized carbons (Fsp3) is 0.211. The Bertz CT molecular complexity index is 952. The number of nitrogens with one attached hydrogen (secondary N) is 1. The Hall–Kier alpha value is -3.36. The van der Waals surface area contributed by atoms with Crippen molar-refractivity contribution in [2.45, 2.75) is 19.6 Å². The van der Waals surface area contributed by atoms with Crippen molar-refractivity contribution in [3.63, 3.8) is 0 Å². The fourth-order valence-electron chi connectivity index (χ4n) is 2.44. The number of pyridine rings is 1. The number of nitrogens with zero attached hydrogens (tertiary/aromatic N) is 3. The third kappa shape index (κ3) is 5.09. The molecule has 0 spiro atoms. The van der Waals surface area contributed by atoms with Gasteiger partial charge in [-0.2, -0.15) is 18.3 Å². The number of rotatable bonds is 6. The van der Waals surface area contributed by atoms with E-state index < -0.39 is 18.7 Å².